The zero-order chi connectivity index (χ0) is 19.1. The Kier molecular flexibility index (Phi) is 6.20. The molecule has 0 radical (unpaired) electrons. The van der Waals surface area contributed by atoms with Crippen LogP contribution in [0.1, 0.15) is 28.8 Å². The van der Waals surface area contributed by atoms with E-state index in [0.29, 0.717) is 30.8 Å². The molecule has 0 spiro atoms. The molecule has 140 valence electrons. The van der Waals surface area contributed by atoms with E-state index in [2.05, 4.69) is 16.0 Å². The maximum Gasteiger partial charge on any atom is 0.251 e. The molecule has 0 atom stereocenters. The van der Waals surface area contributed by atoms with Crippen molar-refractivity contribution in [1.82, 2.24) is 10.6 Å². The van der Waals surface area contributed by atoms with Gasteiger partial charge in [0.1, 0.15) is 0 Å². The van der Waals surface area contributed by atoms with Gasteiger partial charge in [0.15, 0.2) is 0 Å². The van der Waals surface area contributed by atoms with E-state index in [4.69, 9.17) is 0 Å². The predicted octanol–water partition coefficient (Wildman–Crippen LogP) is 2.12. The van der Waals surface area contributed by atoms with Gasteiger partial charge in [0.05, 0.1) is 6.42 Å². The summed E-state index contributed by atoms with van der Waals surface area (Å²) in [7, 11) is 0. The Balaban J connectivity index is 1.36. The van der Waals surface area contributed by atoms with Crippen molar-refractivity contribution in [2.45, 2.75) is 19.3 Å². The second-order valence-electron chi connectivity index (χ2n) is 6.61. The Labute approximate surface area is 158 Å². The standard InChI is InChI=1S/C21H23N3O3/c25-19(14-15-4-2-1-3-5-15)22-12-13-23-20(26)16-8-10-18(11-9-16)24-21(27)17-6-7-17/h1-5,8-11,17H,6-7,12-14H2,(H,22,25)(H,23,26)(H,24,27). The van der Waals surface area contributed by atoms with Gasteiger partial charge in [-0.1, -0.05) is 30.3 Å². The maximum atomic E-state index is 12.1. The summed E-state index contributed by atoms with van der Waals surface area (Å²) in [5, 5.41) is 8.39. The molecule has 3 N–H and O–H groups in total. The molecule has 1 fully saturated rings. The zero-order valence-corrected chi connectivity index (χ0v) is 15.0. The van der Waals surface area contributed by atoms with Crippen molar-refractivity contribution >= 4 is 23.4 Å². The van der Waals surface area contributed by atoms with E-state index < -0.39 is 0 Å². The molecular formula is C21H23N3O3. The van der Waals surface area contributed by atoms with Gasteiger partial charge in [0.25, 0.3) is 5.91 Å². The first kappa shape index (κ1) is 18.6. The van der Waals surface area contributed by atoms with Crippen LogP contribution in [0.5, 0.6) is 0 Å². The quantitative estimate of drug-likeness (QED) is 0.626. The van der Waals surface area contributed by atoms with Gasteiger partial charge in [-0.2, -0.15) is 0 Å². The summed E-state index contributed by atoms with van der Waals surface area (Å²) in [4.78, 5) is 35.7. The minimum absolute atomic E-state index is 0.0402. The molecule has 0 aliphatic heterocycles. The maximum absolute atomic E-state index is 12.1. The molecular weight excluding hydrogens is 342 g/mol. The average Bonchev–Trinajstić information content (AvgIpc) is 3.52. The molecule has 2 aromatic rings. The summed E-state index contributed by atoms with van der Waals surface area (Å²) in [6.07, 6.45) is 2.23. The SMILES string of the molecule is O=C(Cc1ccccc1)NCCNC(=O)c1ccc(NC(=O)C2CC2)cc1. The van der Waals surface area contributed by atoms with E-state index in [9.17, 15) is 14.4 Å². The number of carbonyl (C=O) groups excluding carboxylic acids is 3. The monoisotopic (exact) mass is 365 g/mol. The number of carbonyl (C=O) groups is 3. The number of rotatable bonds is 8. The van der Waals surface area contributed by atoms with Crippen LogP contribution in [-0.4, -0.2) is 30.8 Å². The minimum Gasteiger partial charge on any atom is -0.354 e. The molecule has 3 rings (SSSR count). The molecule has 1 aliphatic rings. The topological polar surface area (TPSA) is 87.3 Å². The molecule has 1 aliphatic carbocycles. The Morgan fingerprint density at radius 3 is 2.19 bits per heavy atom. The van der Waals surface area contributed by atoms with Crippen LogP contribution in [0.15, 0.2) is 54.6 Å². The highest BCUT2D eigenvalue weighted by molar-refractivity contribution is 5.96. The first-order valence-electron chi connectivity index (χ1n) is 9.11. The summed E-state index contributed by atoms with van der Waals surface area (Å²) < 4.78 is 0. The van der Waals surface area contributed by atoms with Crippen molar-refractivity contribution in [2.24, 2.45) is 5.92 Å². The molecule has 27 heavy (non-hydrogen) atoms. The number of amides is 3. The van der Waals surface area contributed by atoms with E-state index in [-0.39, 0.29) is 23.6 Å². The lowest BCUT2D eigenvalue weighted by Crippen LogP contribution is -2.35. The summed E-state index contributed by atoms with van der Waals surface area (Å²) >= 11 is 0. The third kappa shape index (κ3) is 5.95. The smallest absolute Gasteiger partial charge is 0.251 e. The van der Waals surface area contributed by atoms with Crippen LogP contribution < -0.4 is 16.0 Å². The number of nitrogens with one attached hydrogen (secondary N) is 3. The van der Waals surface area contributed by atoms with E-state index in [1.54, 1.807) is 24.3 Å². The molecule has 0 bridgehead atoms. The van der Waals surface area contributed by atoms with E-state index in [1.165, 1.54) is 0 Å². The molecule has 0 heterocycles. The summed E-state index contributed by atoms with van der Waals surface area (Å²) in [5.74, 6) is -0.109. The van der Waals surface area contributed by atoms with Crippen molar-refractivity contribution in [1.29, 1.82) is 0 Å². The lowest BCUT2D eigenvalue weighted by Gasteiger charge is -2.08. The fourth-order valence-electron chi connectivity index (χ4n) is 2.62. The largest absolute Gasteiger partial charge is 0.354 e. The Bertz CT molecular complexity index is 799. The van der Waals surface area contributed by atoms with Gasteiger partial charge in [-0.25, -0.2) is 0 Å². The molecule has 6 heteroatoms. The van der Waals surface area contributed by atoms with Crippen molar-refractivity contribution in [3.8, 4) is 0 Å². The van der Waals surface area contributed by atoms with Crippen LogP contribution in [0, 0.1) is 5.92 Å². The molecule has 0 saturated heterocycles. The van der Waals surface area contributed by atoms with E-state index in [1.807, 2.05) is 30.3 Å². The lowest BCUT2D eigenvalue weighted by atomic mass is 10.1. The van der Waals surface area contributed by atoms with Gasteiger partial charge in [-0.05, 0) is 42.7 Å². The fourth-order valence-corrected chi connectivity index (χ4v) is 2.62. The minimum atomic E-state index is -0.215. The van der Waals surface area contributed by atoms with Crippen LogP contribution in [0.25, 0.3) is 0 Å². The first-order chi connectivity index (χ1) is 13.1. The normalized spacial score (nSPS) is 12.9. The molecule has 3 amide bonds. The first-order valence-corrected chi connectivity index (χ1v) is 9.11. The number of hydrogen-bond acceptors (Lipinski definition) is 3. The Morgan fingerprint density at radius 2 is 1.52 bits per heavy atom. The van der Waals surface area contributed by atoms with Crippen LogP contribution in [0.3, 0.4) is 0 Å². The number of hydrogen-bond donors (Lipinski definition) is 3. The van der Waals surface area contributed by atoms with Gasteiger partial charge in [0, 0.05) is 30.3 Å². The molecule has 0 unspecified atom stereocenters. The highest BCUT2D eigenvalue weighted by Crippen LogP contribution is 2.30. The lowest BCUT2D eigenvalue weighted by molar-refractivity contribution is -0.120. The van der Waals surface area contributed by atoms with Crippen LogP contribution in [0.4, 0.5) is 5.69 Å². The number of benzene rings is 2. The van der Waals surface area contributed by atoms with Gasteiger partial charge in [-0.15, -0.1) is 0 Å². The molecule has 6 nitrogen and oxygen atoms in total. The van der Waals surface area contributed by atoms with Crippen molar-refractivity contribution in [3.05, 3.63) is 65.7 Å². The third-order valence-corrected chi connectivity index (χ3v) is 4.30. The van der Waals surface area contributed by atoms with Gasteiger partial charge >= 0.3 is 0 Å². The molecule has 1 saturated carbocycles. The average molecular weight is 365 g/mol. The van der Waals surface area contributed by atoms with E-state index >= 15 is 0 Å². The molecule has 2 aromatic carbocycles. The third-order valence-electron chi connectivity index (χ3n) is 4.30. The highest BCUT2D eigenvalue weighted by Gasteiger charge is 2.29. The van der Waals surface area contributed by atoms with Crippen LogP contribution in [-0.2, 0) is 16.0 Å². The van der Waals surface area contributed by atoms with Crippen molar-refractivity contribution in [2.75, 3.05) is 18.4 Å². The Morgan fingerprint density at radius 1 is 0.852 bits per heavy atom. The fraction of sp³-hybridized carbons (Fsp3) is 0.286. The van der Waals surface area contributed by atoms with Crippen molar-refractivity contribution in [3.63, 3.8) is 0 Å². The van der Waals surface area contributed by atoms with Gasteiger partial charge < -0.3 is 16.0 Å². The van der Waals surface area contributed by atoms with Crippen LogP contribution in [0.2, 0.25) is 0 Å². The summed E-state index contributed by atoms with van der Waals surface area (Å²) in [5.41, 5.74) is 2.15. The Hall–Kier alpha value is -3.15. The van der Waals surface area contributed by atoms with Gasteiger partial charge in [-0.3, -0.25) is 14.4 Å². The number of anilines is 1. The second kappa shape index (κ2) is 8.98. The zero-order valence-electron chi connectivity index (χ0n) is 15.0. The van der Waals surface area contributed by atoms with Crippen LogP contribution >= 0.6 is 0 Å². The highest BCUT2D eigenvalue weighted by atomic mass is 16.2. The summed E-state index contributed by atoms with van der Waals surface area (Å²) in [6.45, 7) is 0.715. The van der Waals surface area contributed by atoms with Crippen molar-refractivity contribution < 1.29 is 14.4 Å². The predicted molar refractivity (Wildman–Crippen MR) is 103 cm³/mol. The van der Waals surface area contributed by atoms with E-state index in [0.717, 1.165) is 18.4 Å². The second-order valence-corrected chi connectivity index (χ2v) is 6.61. The molecule has 0 aromatic heterocycles. The summed E-state index contributed by atoms with van der Waals surface area (Å²) in [6, 6.07) is 16.3. The van der Waals surface area contributed by atoms with Gasteiger partial charge in [0.2, 0.25) is 11.8 Å².